The largest absolute Gasteiger partial charge is 0.378 e. The second-order valence-electron chi connectivity index (χ2n) is 5.13. The normalized spacial score (nSPS) is 12.2. The maximum atomic E-state index is 5.71. The second-order valence-corrected chi connectivity index (χ2v) is 5.13. The SMILES string of the molecule is CO[C@@H](CNCCc1ccccn1)COCc1ccccc1. The highest BCUT2D eigenvalue weighted by Gasteiger charge is 2.07. The van der Waals surface area contributed by atoms with Crippen LogP contribution in [0.1, 0.15) is 11.3 Å². The molecule has 0 radical (unpaired) electrons. The Morgan fingerprint density at radius 3 is 2.64 bits per heavy atom. The number of hydrogen-bond acceptors (Lipinski definition) is 4. The average molecular weight is 300 g/mol. The van der Waals surface area contributed by atoms with Crippen LogP contribution in [-0.2, 0) is 22.5 Å². The Labute approximate surface area is 132 Å². The van der Waals surface area contributed by atoms with Gasteiger partial charge in [-0.1, -0.05) is 36.4 Å². The summed E-state index contributed by atoms with van der Waals surface area (Å²) < 4.78 is 11.1. The number of rotatable bonds is 10. The summed E-state index contributed by atoms with van der Waals surface area (Å²) in [6, 6.07) is 16.2. The van der Waals surface area contributed by atoms with Gasteiger partial charge in [0.1, 0.15) is 0 Å². The van der Waals surface area contributed by atoms with Crippen molar-refractivity contribution >= 4 is 0 Å². The first-order chi connectivity index (χ1) is 10.9. The van der Waals surface area contributed by atoms with E-state index < -0.39 is 0 Å². The van der Waals surface area contributed by atoms with Crippen LogP contribution in [0.25, 0.3) is 0 Å². The first kappa shape index (κ1) is 16.6. The Morgan fingerprint density at radius 1 is 1.09 bits per heavy atom. The predicted octanol–water partition coefficient (Wildman–Crippen LogP) is 2.45. The lowest BCUT2D eigenvalue weighted by Crippen LogP contribution is -2.33. The van der Waals surface area contributed by atoms with Crippen LogP contribution in [0.15, 0.2) is 54.7 Å². The number of ether oxygens (including phenoxy) is 2. The maximum absolute atomic E-state index is 5.71. The van der Waals surface area contributed by atoms with Crippen molar-refractivity contribution < 1.29 is 9.47 Å². The van der Waals surface area contributed by atoms with Gasteiger partial charge in [0.2, 0.25) is 0 Å². The van der Waals surface area contributed by atoms with Gasteiger partial charge in [0.15, 0.2) is 0 Å². The van der Waals surface area contributed by atoms with E-state index in [0.29, 0.717) is 13.2 Å². The third kappa shape index (κ3) is 6.35. The molecule has 1 heterocycles. The van der Waals surface area contributed by atoms with Crippen molar-refractivity contribution in [3.8, 4) is 0 Å². The quantitative estimate of drug-likeness (QED) is 0.685. The minimum absolute atomic E-state index is 0.0624. The highest BCUT2D eigenvalue weighted by atomic mass is 16.5. The van der Waals surface area contributed by atoms with Crippen molar-refractivity contribution in [1.82, 2.24) is 10.3 Å². The molecule has 118 valence electrons. The predicted molar refractivity (Wildman–Crippen MR) is 87.7 cm³/mol. The number of methoxy groups -OCH3 is 1. The molecule has 1 atom stereocenters. The molecule has 1 N–H and O–H groups in total. The number of aromatic nitrogens is 1. The number of benzene rings is 1. The van der Waals surface area contributed by atoms with Crippen LogP contribution >= 0.6 is 0 Å². The monoisotopic (exact) mass is 300 g/mol. The molecule has 1 aromatic heterocycles. The molecule has 0 saturated carbocycles. The first-order valence-electron chi connectivity index (χ1n) is 7.63. The average Bonchev–Trinajstić information content (AvgIpc) is 2.59. The Kier molecular flexibility index (Phi) is 7.60. The van der Waals surface area contributed by atoms with E-state index in [2.05, 4.69) is 22.4 Å². The van der Waals surface area contributed by atoms with Crippen molar-refractivity contribution in [2.45, 2.75) is 19.1 Å². The van der Waals surface area contributed by atoms with Gasteiger partial charge in [0.05, 0.1) is 19.3 Å². The fourth-order valence-corrected chi connectivity index (χ4v) is 2.12. The van der Waals surface area contributed by atoms with Crippen molar-refractivity contribution in [1.29, 1.82) is 0 Å². The van der Waals surface area contributed by atoms with E-state index in [1.165, 1.54) is 5.56 Å². The highest BCUT2D eigenvalue weighted by molar-refractivity contribution is 5.13. The van der Waals surface area contributed by atoms with E-state index in [-0.39, 0.29) is 6.10 Å². The third-order valence-corrected chi connectivity index (χ3v) is 3.40. The van der Waals surface area contributed by atoms with E-state index in [1.54, 1.807) is 7.11 Å². The van der Waals surface area contributed by atoms with Gasteiger partial charge in [-0.2, -0.15) is 0 Å². The molecule has 4 heteroatoms. The van der Waals surface area contributed by atoms with Gasteiger partial charge in [-0.25, -0.2) is 0 Å². The molecule has 4 nitrogen and oxygen atoms in total. The lowest BCUT2D eigenvalue weighted by molar-refractivity contribution is 0.00293. The summed E-state index contributed by atoms with van der Waals surface area (Å²) in [5.41, 5.74) is 2.28. The van der Waals surface area contributed by atoms with Gasteiger partial charge in [0.25, 0.3) is 0 Å². The van der Waals surface area contributed by atoms with Crippen LogP contribution in [0.2, 0.25) is 0 Å². The van der Waals surface area contributed by atoms with Crippen molar-refractivity contribution in [2.75, 3.05) is 26.8 Å². The summed E-state index contributed by atoms with van der Waals surface area (Å²) in [6.07, 6.45) is 2.81. The lowest BCUT2D eigenvalue weighted by atomic mass is 10.2. The zero-order chi connectivity index (χ0) is 15.5. The topological polar surface area (TPSA) is 43.4 Å². The summed E-state index contributed by atoms with van der Waals surface area (Å²) in [4.78, 5) is 4.30. The number of nitrogens with one attached hydrogen (secondary N) is 1. The van der Waals surface area contributed by atoms with E-state index >= 15 is 0 Å². The molecule has 0 saturated heterocycles. The van der Waals surface area contributed by atoms with Crippen molar-refractivity contribution in [2.24, 2.45) is 0 Å². The van der Waals surface area contributed by atoms with Crippen LogP contribution < -0.4 is 5.32 Å². The smallest absolute Gasteiger partial charge is 0.0928 e. The van der Waals surface area contributed by atoms with Gasteiger partial charge in [-0.15, -0.1) is 0 Å². The van der Waals surface area contributed by atoms with Crippen LogP contribution in [-0.4, -0.2) is 37.9 Å². The highest BCUT2D eigenvalue weighted by Crippen LogP contribution is 2.02. The Bertz CT molecular complexity index is 505. The summed E-state index contributed by atoms with van der Waals surface area (Å²) in [5, 5.41) is 3.39. The first-order valence-corrected chi connectivity index (χ1v) is 7.63. The lowest BCUT2D eigenvalue weighted by Gasteiger charge is -2.16. The molecule has 0 aliphatic heterocycles. The molecular weight excluding hydrogens is 276 g/mol. The molecule has 2 aromatic rings. The fourth-order valence-electron chi connectivity index (χ4n) is 2.12. The van der Waals surface area contributed by atoms with Crippen LogP contribution in [0, 0.1) is 0 Å². The van der Waals surface area contributed by atoms with Crippen LogP contribution in [0.3, 0.4) is 0 Å². The molecule has 0 bridgehead atoms. The minimum atomic E-state index is 0.0624. The molecule has 1 aromatic carbocycles. The number of pyridine rings is 1. The molecule has 0 aliphatic carbocycles. The molecule has 2 rings (SSSR count). The van der Waals surface area contributed by atoms with Crippen LogP contribution in [0.5, 0.6) is 0 Å². The van der Waals surface area contributed by atoms with E-state index in [1.807, 2.05) is 42.6 Å². The maximum Gasteiger partial charge on any atom is 0.0928 e. The fraction of sp³-hybridized carbons (Fsp3) is 0.389. The molecule has 22 heavy (non-hydrogen) atoms. The summed E-state index contributed by atoms with van der Waals surface area (Å²) in [5.74, 6) is 0. The van der Waals surface area contributed by atoms with Gasteiger partial charge in [0, 0.05) is 38.5 Å². The Morgan fingerprint density at radius 2 is 1.91 bits per heavy atom. The van der Waals surface area contributed by atoms with Gasteiger partial charge < -0.3 is 14.8 Å². The minimum Gasteiger partial charge on any atom is -0.378 e. The van der Waals surface area contributed by atoms with Gasteiger partial charge in [-0.05, 0) is 17.7 Å². The van der Waals surface area contributed by atoms with E-state index in [0.717, 1.165) is 25.2 Å². The molecule has 0 aliphatic rings. The Hall–Kier alpha value is -1.75. The molecule has 0 amide bonds. The summed E-state index contributed by atoms with van der Waals surface area (Å²) in [7, 11) is 1.72. The standard InChI is InChI=1S/C18H24N2O2/c1-21-18(15-22-14-16-7-3-2-4-8-16)13-19-12-10-17-9-5-6-11-20-17/h2-9,11,18-19H,10,12-15H2,1H3/t18-/m0/s1. The van der Waals surface area contributed by atoms with Crippen LogP contribution in [0.4, 0.5) is 0 Å². The van der Waals surface area contributed by atoms with Gasteiger partial charge in [-0.3, -0.25) is 4.98 Å². The van der Waals surface area contributed by atoms with Crippen molar-refractivity contribution in [3.63, 3.8) is 0 Å². The van der Waals surface area contributed by atoms with E-state index in [4.69, 9.17) is 9.47 Å². The zero-order valence-corrected chi connectivity index (χ0v) is 13.1. The molecule has 0 unspecified atom stereocenters. The number of nitrogens with zero attached hydrogens (tertiary/aromatic N) is 1. The zero-order valence-electron chi connectivity index (χ0n) is 13.1. The second kappa shape index (κ2) is 10.1. The summed E-state index contributed by atoms with van der Waals surface area (Å²) in [6.45, 7) is 2.87. The Balaban J connectivity index is 1.58. The molecule has 0 fully saturated rings. The van der Waals surface area contributed by atoms with Crippen molar-refractivity contribution in [3.05, 3.63) is 66.0 Å². The number of hydrogen-bond donors (Lipinski definition) is 1. The van der Waals surface area contributed by atoms with Gasteiger partial charge >= 0.3 is 0 Å². The third-order valence-electron chi connectivity index (χ3n) is 3.40. The summed E-state index contributed by atoms with van der Waals surface area (Å²) >= 11 is 0. The molecule has 0 spiro atoms. The van der Waals surface area contributed by atoms with E-state index in [9.17, 15) is 0 Å². The molecular formula is C18H24N2O2.